The molecule has 104 valence electrons. The Kier molecular flexibility index (Phi) is 4.08. The van der Waals surface area contributed by atoms with Crippen molar-refractivity contribution < 1.29 is 18.7 Å². The summed E-state index contributed by atoms with van der Waals surface area (Å²) in [6.07, 6.45) is 1.10. The predicted molar refractivity (Wildman–Crippen MR) is 63.5 cm³/mol. The minimum atomic E-state index is -1.01. The van der Waals surface area contributed by atoms with Crippen molar-refractivity contribution in [2.45, 2.75) is 19.0 Å². The van der Waals surface area contributed by atoms with Gasteiger partial charge in [0.15, 0.2) is 0 Å². The monoisotopic (exact) mass is 272 g/mol. The maximum absolute atomic E-state index is 12.4. The van der Waals surface area contributed by atoms with Gasteiger partial charge >= 0.3 is 6.09 Å². The minimum Gasteiger partial charge on any atom is -0.465 e. The van der Waals surface area contributed by atoms with Crippen LogP contribution in [0.1, 0.15) is 11.3 Å². The molecule has 1 amide bonds. The van der Waals surface area contributed by atoms with E-state index in [-0.39, 0.29) is 12.5 Å². The number of anilines is 1. The number of hydrogen-bond donors (Lipinski definition) is 2. The number of fused-ring (bicyclic) bond motifs is 1. The van der Waals surface area contributed by atoms with Crippen LogP contribution in [-0.2, 0) is 13.0 Å². The predicted octanol–water partition coefficient (Wildman–Crippen LogP) is 1.23. The summed E-state index contributed by atoms with van der Waals surface area (Å²) in [4.78, 5) is 20.2. The maximum Gasteiger partial charge on any atom is 0.407 e. The molecule has 0 aromatic carbocycles. The number of alkyl halides is 2. The number of nitrogens with one attached hydrogen (secondary N) is 1. The lowest BCUT2D eigenvalue weighted by Gasteiger charge is -2.25. The number of carboxylic acid groups (broad SMARTS) is 1. The first-order valence-corrected chi connectivity index (χ1v) is 5.85. The van der Waals surface area contributed by atoms with Crippen molar-refractivity contribution in [3.05, 3.63) is 17.5 Å². The average molecular weight is 272 g/mol. The van der Waals surface area contributed by atoms with Gasteiger partial charge in [-0.1, -0.05) is 0 Å². The summed E-state index contributed by atoms with van der Waals surface area (Å²) in [5.74, 6) is 0.117. The van der Waals surface area contributed by atoms with E-state index in [0.29, 0.717) is 18.7 Å². The van der Waals surface area contributed by atoms with E-state index in [1.807, 2.05) is 0 Å². The van der Waals surface area contributed by atoms with Crippen LogP contribution < -0.4 is 5.32 Å². The highest BCUT2D eigenvalue weighted by Crippen LogP contribution is 2.18. The van der Waals surface area contributed by atoms with Gasteiger partial charge in [0.1, 0.15) is 13.3 Å². The van der Waals surface area contributed by atoms with Crippen LogP contribution in [0.25, 0.3) is 0 Å². The zero-order valence-electron chi connectivity index (χ0n) is 10.1. The van der Waals surface area contributed by atoms with Crippen LogP contribution in [0.3, 0.4) is 0 Å². The summed E-state index contributed by atoms with van der Waals surface area (Å²) in [5.41, 5.74) is 1.43. The molecule has 2 heterocycles. The molecule has 0 saturated heterocycles. The van der Waals surface area contributed by atoms with Gasteiger partial charge in [-0.15, -0.1) is 0 Å². The molecule has 1 aliphatic rings. The summed E-state index contributed by atoms with van der Waals surface area (Å²) in [6, 6.07) is -0.975. The molecule has 1 aromatic rings. The second-order valence-electron chi connectivity index (χ2n) is 4.27. The van der Waals surface area contributed by atoms with Crippen molar-refractivity contribution in [2.24, 2.45) is 0 Å². The smallest absolute Gasteiger partial charge is 0.407 e. The first kappa shape index (κ1) is 13.4. The Bertz CT molecular complexity index is 468. The SMILES string of the molecule is O=C(O)N1CCc2cnc(NC(CF)CF)nc2C1. The maximum atomic E-state index is 12.4. The second kappa shape index (κ2) is 5.77. The first-order valence-electron chi connectivity index (χ1n) is 5.85. The summed E-state index contributed by atoms with van der Waals surface area (Å²) in [6.45, 7) is -1.16. The molecule has 0 bridgehead atoms. The quantitative estimate of drug-likeness (QED) is 0.862. The highest BCUT2D eigenvalue weighted by molar-refractivity contribution is 5.65. The molecule has 0 fully saturated rings. The Hall–Kier alpha value is -1.99. The molecular weight excluding hydrogens is 258 g/mol. The van der Waals surface area contributed by atoms with Crippen molar-refractivity contribution in [2.75, 3.05) is 25.2 Å². The minimum absolute atomic E-state index is 0.117. The lowest BCUT2D eigenvalue weighted by molar-refractivity contribution is 0.139. The van der Waals surface area contributed by atoms with Gasteiger partial charge in [0, 0.05) is 12.7 Å². The fraction of sp³-hybridized carbons (Fsp3) is 0.545. The van der Waals surface area contributed by atoms with Crippen LogP contribution in [0.4, 0.5) is 19.5 Å². The van der Waals surface area contributed by atoms with Crippen LogP contribution in [0.15, 0.2) is 6.20 Å². The van der Waals surface area contributed by atoms with Crippen molar-refractivity contribution in [3.8, 4) is 0 Å². The molecule has 2 N–H and O–H groups in total. The third-order valence-electron chi connectivity index (χ3n) is 2.92. The van der Waals surface area contributed by atoms with E-state index in [2.05, 4.69) is 15.3 Å². The first-order chi connectivity index (χ1) is 9.13. The fourth-order valence-electron chi connectivity index (χ4n) is 1.84. The molecule has 2 rings (SSSR count). The Morgan fingerprint density at radius 1 is 1.53 bits per heavy atom. The van der Waals surface area contributed by atoms with Gasteiger partial charge in [0.2, 0.25) is 5.95 Å². The number of nitrogens with zero attached hydrogens (tertiary/aromatic N) is 3. The number of rotatable bonds is 4. The second-order valence-corrected chi connectivity index (χ2v) is 4.27. The van der Waals surface area contributed by atoms with Crippen LogP contribution in [0.2, 0.25) is 0 Å². The Balaban J connectivity index is 2.14. The standard InChI is InChI=1S/C11H14F2N4O2/c12-3-8(4-13)15-10-14-5-7-1-2-17(11(18)19)6-9(7)16-10/h5,8H,1-4,6H2,(H,18,19)(H,14,15,16). The van der Waals surface area contributed by atoms with E-state index in [1.54, 1.807) is 6.20 Å². The summed E-state index contributed by atoms with van der Waals surface area (Å²) >= 11 is 0. The van der Waals surface area contributed by atoms with Crippen LogP contribution >= 0.6 is 0 Å². The molecule has 0 radical (unpaired) electrons. The molecule has 8 heteroatoms. The zero-order chi connectivity index (χ0) is 13.8. The lowest BCUT2D eigenvalue weighted by atomic mass is 10.1. The van der Waals surface area contributed by atoms with Crippen molar-refractivity contribution >= 4 is 12.0 Å². The van der Waals surface area contributed by atoms with E-state index < -0.39 is 25.5 Å². The fourth-order valence-corrected chi connectivity index (χ4v) is 1.84. The van der Waals surface area contributed by atoms with E-state index in [1.165, 1.54) is 4.90 Å². The molecule has 19 heavy (non-hydrogen) atoms. The van der Waals surface area contributed by atoms with E-state index in [9.17, 15) is 13.6 Å². The Morgan fingerprint density at radius 2 is 2.26 bits per heavy atom. The third-order valence-corrected chi connectivity index (χ3v) is 2.92. The van der Waals surface area contributed by atoms with Gasteiger partial charge < -0.3 is 15.3 Å². The van der Waals surface area contributed by atoms with Gasteiger partial charge in [-0.2, -0.15) is 0 Å². The third kappa shape index (κ3) is 3.07. The van der Waals surface area contributed by atoms with Gasteiger partial charge in [-0.25, -0.2) is 23.5 Å². The van der Waals surface area contributed by atoms with E-state index in [4.69, 9.17) is 5.11 Å². The van der Waals surface area contributed by atoms with Crippen molar-refractivity contribution in [1.82, 2.24) is 14.9 Å². The number of carbonyl (C=O) groups is 1. The molecule has 0 unspecified atom stereocenters. The summed E-state index contributed by atoms with van der Waals surface area (Å²) < 4.78 is 24.8. The Labute approximate surface area is 108 Å². The number of hydrogen-bond acceptors (Lipinski definition) is 4. The normalized spacial score (nSPS) is 14.4. The molecular formula is C11H14F2N4O2. The number of aromatic nitrogens is 2. The summed E-state index contributed by atoms with van der Waals surface area (Å²) in [7, 11) is 0. The molecule has 0 saturated carbocycles. The average Bonchev–Trinajstić information content (AvgIpc) is 2.43. The van der Waals surface area contributed by atoms with Crippen molar-refractivity contribution in [3.63, 3.8) is 0 Å². The molecule has 6 nitrogen and oxygen atoms in total. The van der Waals surface area contributed by atoms with Crippen LogP contribution in [0.5, 0.6) is 0 Å². The van der Waals surface area contributed by atoms with Gasteiger partial charge in [0.25, 0.3) is 0 Å². The van der Waals surface area contributed by atoms with Gasteiger partial charge in [-0.3, -0.25) is 0 Å². The molecule has 0 atom stereocenters. The van der Waals surface area contributed by atoms with Crippen LogP contribution in [-0.4, -0.2) is 52.0 Å². The van der Waals surface area contributed by atoms with E-state index in [0.717, 1.165) is 5.56 Å². The molecule has 0 aliphatic carbocycles. The zero-order valence-corrected chi connectivity index (χ0v) is 10.1. The molecule has 1 aromatic heterocycles. The van der Waals surface area contributed by atoms with Gasteiger partial charge in [-0.05, 0) is 12.0 Å². The van der Waals surface area contributed by atoms with Crippen LogP contribution in [0, 0.1) is 0 Å². The van der Waals surface area contributed by atoms with Crippen molar-refractivity contribution in [1.29, 1.82) is 0 Å². The molecule has 1 aliphatic heterocycles. The number of halogens is 2. The lowest BCUT2D eigenvalue weighted by Crippen LogP contribution is -2.35. The highest BCUT2D eigenvalue weighted by Gasteiger charge is 2.22. The number of amides is 1. The molecule has 0 spiro atoms. The largest absolute Gasteiger partial charge is 0.465 e. The van der Waals surface area contributed by atoms with E-state index >= 15 is 0 Å². The van der Waals surface area contributed by atoms with Gasteiger partial charge in [0.05, 0.1) is 18.3 Å². The Morgan fingerprint density at radius 3 is 2.89 bits per heavy atom. The summed E-state index contributed by atoms with van der Waals surface area (Å²) in [5, 5.41) is 11.5. The highest BCUT2D eigenvalue weighted by atomic mass is 19.1. The topological polar surface area (TPSA) is 78.3 Å².